The van der Waals surface area contributed by atoms with Crippen molar-refractivity contribution in [2.45, 2.75) is 52.0 Å². The van der Waals surface area contributed by atoms with Gasteiger partial charge in [-0.3, -0.25) is 0 Å². The van der Waals surface area contributed by atoms with Crippen molar-refractivity contribution < 1.29 is 4.39 Å². The summed E-state index contributed by atoms with van der Waals surface area (Å²) in [6, 6.07) is 7.56. The minimum atomic E-state index is -0.279. The summed E-state index contributed by atoms with van der Waals surface area (Å²) in [6.45, 7) is 8.16. The van der Waals surface area contributed by atoms with Crippen molar-refractivity contribution in [3.63, 3.8) is 0 Å². The highest BCUT2D eigenvalue weighted by Gasteiger charge is 2.25. The van der Waals surface area contributed by atoms with E-state index in [1.807, 2.05) is 32.0 Å². The van der Waals surface area contributed by atoms with Gasteiger partial charge in [0, 0.05) is 29.5 Å². The molecule has 3 aromatic rings. The fourth-order valence-electron chi connectivity index (χ4n) is 3.77. The molecule has 0 amide bonds. The number of rotatable bonds is 9. The Morgan fingerprint density at radius 2 is 2.03 bits per heavy atom. The van der Waals surface area contributed by atoms with Gasteiger partial charge in [0.05, 0.1) is 27.0 Å². The van der Waals surface area contributed by atoms with Gasteiger partial charge in [0.25, 0.3) is 0 Å². The number of nitrogens with zero attached hydrogens (tertiary/aromatic N) is 3. The smallest absolute Gasteiger partial charge is 0.223 e. The predicted molar refractivity (Wildman–Crippen MR) is 139 cm³/mol. The minimum Gasteiger partial charge on any atom is -0.352 e. The molecule has 1 aromatic carbocycles. The van der Waals surface area contributed by atoms with Crippen molar-refractivity contribution >= 4 is 34.9 Å². The van der Waals surface area contributed by atoms with Crippen molar-refractivity contribution in [2.75, 3.05) is 28.9 Å². The average Bonchev–Trinajstić information content (AvgIpc) is 3.26. The molecule has 0 radical (unpaired) electrons. The normalized spacial score (nSPS) is 14.6. The molecule has 176 valence electrons. The second-order valence-electron chi connectivity index (χ2n) is 8.44. The molecule has 0 aliphatic carbocycles. The summed E-state index contributed by atoms with van der Waals surface area (Å²) >= 11 is 3.15. The van der Waals surface area contributed by atoms with Crippen LogP contribution in [0.4, 0.5) is 16.0 Å². The maximum atomic E-state index is 15.6. The van der Waals surface area contributed by atoms with Gasteiger partial charge in [-0.05, 0) is 64.4 Å². The van der Waals surface area contributed by atoms with Crippen LogP contribution in [0.2, 0.25) is 0 Å². The largest absolute Gasteiger partial charge is 0.352 e. The first-order valence-corrected chi connectivity index (χ1v) is 13.3. The van der Waals surface area contributed by atoms with E-state index in [0.29, 0.717) is 28.8 Å². The number of hydrogen-bond donors (Lipinski definition) is 3. The first-order valence-electron chi connectivity index (χ1n) is 11.5. The molecule has 1 aliphatic heterocycles. The van der Waals surface area contributed by atoms with Gasteiger partial charge in [-0.25, -0.2) is 19.3 Å². The van der Waals surface area contributed by atoms with Crippen molar-refractivity contribution in [2.24, 2.45) is 0 Å². The zero-order valence-corrected chi connectivity index (χ0v) is 21.0. The molecular weight excluding hydrogens is 455 g/mol. The molecule has 1 saturated heterocycles. The van der Waals surface area contributed by atoms with Crippen LogP contribution in [-0.2, 0) is 0 Å². The maximum absolute atomic E-state index is 15.6. The van der Waals surface area contributed by atoms with Gasteiger partial charge in [0.15, 0.2) is 5.82 Å². The Kier molecular flexibility index (Phi) is 8.16. The van der Waals surface area contributed by atoms with Gasteiger partial charge in [-0.1, -0.05) is 24.9 Å². The molecule has 0 unspecified atom stereocenters. The molecule has 1 fully saturated rings. The van der Waals surface area contributed by atoms with E-state index in [4.69, 9.17) is 9.97 Å². The second kappa shape index (κ2) is 11.3. The van der Waals surface area contributed by atoms with Crippen molar-refractivity contribution in [3.05, 3.63) is 41.3 Å². The van der Waals surface area contributed by atoms with Crippen molar-refractivity contribution in [3.8, 4) is 21.8 Å². The number of anilines is 2. The van der Waals surface area contributed by atoms with Crippen LogP contribution in [0.1, 0.15) is 51.0 Å². The number of hydrogen-bond acceptors (Lipinski definition) is 8. The highest BCUT2D eigenvalue weighted by Crippen LogP contribution is 2.42. The molecule has 33 heavy (non-hydrogen) atoms. The van der Waals surface area contributed by atoms with Crippen LogP contribution in [0.25, 0.3) is 21.8 Å². The Bertz CT molecular complexity index is 1060. The van der Waals surface area contributed by atoms with Gasteiger partial charge < -0.3 is 15.4 Å². The highest BCUT2D eigenvalue weighted by molar-refractivity contribution is 8.00. The van der Waals surface area contributed by atoms with E-state index in [9.17, 15) is 0 Å². The van der Waals surface area contributed by atoms with Gasteiger partial charge in [-0.2, -0.15) is 0 Å². The molecule has 0 atom stereocenters. The quantitative estimate of drug-likeness (QED) is 0.247. The Morgan fingerprint density at radius 1 is 1.21 bits per heavy atom. The van der Waals surface area contributed by atoms with E-state index in [1.165, 1.54) is 11.9 Å². The standard InChI is InChI=1S/C24H31FN6S2/c1-4-14-32-31-18-7-5-6-17(20(18)25)21-22(19-10-13-27-24(29-19)28-15(2)3)33-23(30-21)16-8-11-26-12-9-16/h5-7,10,13,15-16,26,31H,4,8-9,11-12,14H2,1-3H3,(H,27,28,29). The SMILES string of the molecule is CCCSNc1cccc(-c2nc(C3CCNCC3)sc2-c2ccnc(NC(C)C)n2)c1F. The summed E-state index contributed by atoms with van der Waals surface area (Å²) in [5.41, 5.74) is 2.40. The monoisotopic (exact) mass is 486 g/mol. The van der Waals surface area contributed by atoms with Crippen LogP contribution in [0.3, 0.4) is 0 Å². The Labute approximate surface area is 203 Å². The van der Waals surface area contributed by atoms with Crippen molar-refractivity contribution in [1.29, 1.82) is 0 Å². The summed E-state index contributed by atoms with van der Waals surface area (Å²) < 4.78 is 18.8. The fourth-order valence-corrected chi connectivity index (χ4v) is 5.61. The van der Waals surface area contributed by atoms with Crippen LogP contribution in [0, 0.1) is 5.82 Å². The Morgan fingerprint density at radius 3 is 2.79 bits per heavy atom. The van der Waals surface area contributed by atoms with Crippen LogP contribution in [0.5, 0.6) is 0 Å². The molecule has 3 heterocycles. The summed E-state index contributed by atoms with van der Waals surface area (Å²) in [6.07, 6.45) is 4.84. The van der Waals surface area contributed by atoms with E-state index in [0.717, 1.165) is 53.7 Å². The third-order valence-electron chi connectivity index (χ3n) is 5.38. The summed E-state index contributed by atoms with van der Waals surface area (Å²) in [5.74, 6) is 1.58. The molecule has 2 aromatic heterocycles. The van der Waals surface area contributed by atoms with Gasteiger partial charge in [-0.15, -0.1) is 11.3 Å². The lowest BCUT2D eigenvalue weighted by Gasteiger charge is -2.20. The van der Waals surface area contributed by atoms with E-state index in [2.05, 4.69) is 27.3 Å². The Hall–Kier alpha value is -2.23. The third kappa shape index (κ3) is 5.83. The van der Waals surface area contributed by atoms with Crippen LogP contribution < -0.4 is 15.4 Å². The number of benzene rings is 1. The molecule has 3 N–H and O–H groups in total. The molecule has 4 rings (SSSR count). The van der Waals surface area contributed by atoms with E-state index in [-0.39, 0.29) is 11.9 Å². The fraction of sp³-hybridized carbons (Fsp3) is 0.458. The molecule has 1 aliphatic rings. The summed E-state index contributed by atoms with van der Waals surface area (Å²) in [7, 11) is 0. The molecule has 9 heteroatoms. The second-order valence-corrected chi connectivity index (χ2v) is 10.4. The van der Waals surface area contributed by atoms with E-state index in [1.54, 1.807) is 23.6 Å². The number of aromatic nitrogens is 3. The lowest BCUT2D eigenvalue weighted by molar-refractivity contribution is 0.459. The molecule has 0 saturated carbocycles. The topological polar surface area (TPSA) is 74.8 Å². The van der Waals surface area contributed by atoms with E-state index < -0.39 is 0 Å². The number of halogens is 1. The minimum absolute atomic E-state index is 0.215. The Balaban J connectivity index is 1.77. The number of nitrogens with one attached hydrogen (secondary N) is 3. The first-order chi connectivity index (χ1) is 16.1. The zero-order valence-electron chi connectivity index (χ0n) is 19.3. The lowest BCUT2D eigenvalue weighted by atomic mass is 9.99. The van der Waals surface area contributed by atoms with Crippen LogP contribution in [-0.4, -0.2) is 39.8 Å². The molecule has 0 spiro atoms. The number of thiazole rings is 1. The summed E-state index contributed by atoms with van der Waals surface area (Å²) in [5, 5.41) is 7.73. The van der Waals surface area contributed by atoms with E-state index >= 15 is 4.39 Å². The molecule has 6 nitrogen and oxygen atoms in total. The van der Waals surface area contributed by atoms with Gasteiger partial charge >= 0.3 is 0 Å². The van der Waals surface area contributed by atoms with Gasteiger partial charge in [0.2, 0.25) is 5.95 Å². The first kappa shape index (κ1) is 23.9. The highest BCUT2D eigenvalue weighted by atomic mass is 32.2. The van der Waals surface area contributed by atoms with Gasteiger partial charge in [0.1, 0.15) is 0 Å². The third-order valence-corrected chi connectivity index (χ3v) is 7.60. The summed E-state index contributed by atoms with van der Waals surface area (Å²) in [4.78, 5) is 15.0. The molecule has 0 bridgehead atoms. The van der Waals surface area contributed by atoms with Crippen LogP contribution in [0.15, 0.2) is 30.5 Å². The maximum Gasteiger partial charge on any atom is 0.223 e. The predicted octanol–water partition coefficient (Wildman–Crippen LogP) is 6.16. The number of piperidine rings is 1. The lowest BCUT2D eigenvalue weighted by Crippen LogP contribution is -2.26. The van der Waals surface area contributed by atoms with Crippen molar-refractivity contribution in [1.82, 2.24) is 20.3 Å². The zero-order chi connectivity index (χ0) is 23.2. The average molecular weight is 487 g/mol. The molecular formula is C24H31FN6S2. The van der Waals surface area contributed by atoms with Crippen LogP contribution >= 0.6 is 23.3 Å².